The highest BCUT2D eigenvalue weighted by molar-refractivity contribution is 9.10. The Morgan fingerprint density at radius 2 is 1.92 bits per heavy atom. The van der Waals surface area contributed by atoms with Gasteiger partial charge in [0.2, 0.25) is 0 Å². The third kappa shape index (κ3) is 4.36. The zero-order valence-corrected chi connectivity index (χ0v) is 15.1. The number of pyridine rings is 1. The van der Waals surface area contributed by atoms with E-state index in [0.717, 1.165) is 10.2 Å². The van der Waals surface area contributed by atoms with E-state index in [1.165, 1.54) is 0 Å². The minimum atomic E-state index is -0.216. The maximum atomic E-state index is 12.3. The number of nitrogens with one attached hydrogen (secondary N) is 2. The van der Waals surface area contributed by atoms with Crippen LogP contribution in [0.3, 0.4) is 0 Å². The zero-order valence-electron chi connectivity index (χ0n) is 13.5. The Kier molecular flexibility index (Phi) is 5.30. The zero-order chi connectivity index (χ0) is 17.6. The highest BCUT2D eigenvalue weighted by atomic mass is 79.9. The lowest BCUT2D eigenvalue weighted by atomic mass is 10.2. The van der Waals surface area contributed by atoms with Crippen LogP contribution >= 0.6 is 15.9 Å². The maximum absolute atomic E-state index is 12.3. The summed E-state index contributed by atoms with van der Waals surface area (Å²) in [5.74, 6) is 1.11. The largest absolute Gasteiger partial charge is 0.497 e. The first kappa shape index (κ1) is 17.0. The van der Waals surface area contributed by atoms with E-state index < -0.39 is 0 Å². The fourth-order valence-corrected chi connectivity index (χ4v) is 2.59. The Bertz CT molecular complexity index is 882. The van der Waals surface area contributed by atoms with Crippen molar-refractivity contribution in [1.82, 2.24) is 4.98 Å². The Balaban J connectivity index is 1.68. The monoisotopic (exact) mass is 397 g/mol. The Morgan fingerprint density at radius 3 is 2.64 bits per heavy atom. The lowest BCUT2D eigenvalue weighted by Gasteiger charge is -2.09. The van der Waals surface area contributed by atoms with E-state index in [4.69, 9.17) is 4.74 Å². The average molecular weight is 398 g/mol. The Hall–Kier alpha value is -2.86. The quantitative estimate of drug-likeness (QED) is 0.645. The van der Waals surface area contributed by atoms with Crippen LogP contribution in [-0.4, -0.2) is 18.0 Å². The average Bonchev–Trinajstić information content (AvgIpc) is 2.65. The molecule has 0 aliphatic rings. The molecule has 126 valence electrons. The number of carbonyl (C=O) groups is 1. The van der Waals surface area contributed by atoms with E-state index in [1.54, 1.807) is 49.7 Å². The number of hydrogen-bond donors (Lipinski definition) is 2. The molecular formula is C19H16BrN3O2. The van der Waals surface area contributed by atoms with Gasteiger partial charge >= 0.3 is 0 Å². The molecule has 0 saturated heterocycles. The van der Waals surface area contributed by atoms with E-state index in [0.29, 0.717) is 22.8 Å². The standard InChI is InChI=1S/C19H16BrN3O2/c1-25-15-6-4-5-13(11-15)19(24)22-14-9-10-18(21-12-14)23-17-8-3-2-7-16(17)20/h2-12H,1H3,(H,21,23)(H,22,24). The van der Waals surface area contributed by atoms with Crippen LogP contribution in [0.2, 0.25) is 0 Å². The minimum Gasteiger partial charge on any atom is -0.497 e. The fraction of sp³-hybridized carbons (Fsp3) is 0.0526. The lowest BCUT2D eigenvalue weighted by Crippen LogP contribution is -2.12. The van der Waals surface area contributed by atoms with Gasteiger partial charge in [0.1, 0.15) is 11.6 Å². The predicted molar refractivity (Wildman–Crippen MR) is 103 cm³/mol. The van der Waals surface area contributed by atoms with Crippen LogP contribution in [0.1, 0.15) is 10.4 Å². The topological polar surface area (TPSA) is 63.2 Å². The number of benzene rings is 2. The summed E-state index contributed by atoms with van der Waals surface area (Å²) in [5, 5.41) is 6.03. The van der Waals surface area contributed by atoms with Crippen molar-refractivity contribution in [2.24, 2.45) is 0 Å². The second-order valence-corrected chi connectivity index (χ2v) is 6.08. The summed E-state index contributed by atoms with van der Waals surface area (Å²) >= 11 is 3.48. The summed E-state index contributed by atoms with van der Waals surface area (Å²) in [6.07, 6.45) is 1.61. The molecule has 6 heteroatoms. The van der Waals surface area contributed by atoms with Crippen LogP contribution in [0.4, 0.5) is 17.2 Å². The molecule has 0 radical (unpaired) electrons. The van der Waals surface area contributed by atoms with Crippen molar-refractivity contribution < 1.29 is 9.53 Å². The van der Waals surface area contributed by atoms with Gasteiger partial charge in [0, 0.05) is 10.0 Å². The molecule has 2 N–H and O–H groups in total. The molecule has 1 heterocycles. The van der Waals surface area contributed by atoms with Gasteiger partial charge in [-0.25, -0.2) is 4.98 Å². The molecule has 0 unspecified atom stereocenters. The van der Waals surface area contributed by atoms with Crippen LogP contribution in [0.15, 0.2) is 71.3 Å². The van der Waals surface area contributed by atoms with Crippen molar-refractivity contribution in [3.8, 4) is 5.75 Å². The van der Waals surface area contributed by atoms with Crippen molar-refractivity contribution in [1.29, 1.82) is 0 Å². The van der Waals surface area contributed by atoms with Crippen LogP contribution in [-0.2, 0) is 0 Å². The van der Waals surface area contributed by atoms with Gasteiger partial charge in [0.25, 0.3) is 5.91 Å². The predicted octanol–water partition coefficient (Wildman–Crippen LogP) is 4.85. The molecule has 0 saturated carbocycles. The van der Waals surface area contributed by atoms with Crippen LogP contribution in [0.5, 0.6) is 5.75 Å². The van der Waals surface area contributed by atoms with Gasteiger partial charge in [-0.3, -0.25) is 4.79 Å². The van der Waals surface area contributed by atoms with Crippen molar-refractivity contribution in [3.63, 3.8) is 0 Å². The molecule has 1 amide bonds. The van der Waals surface area contributed by atoms with E-state index in [9.17, 15) is 4.79 Å². The number of nitrogens with zero attached hydrogens (tertiary/aromatic N) is 1. The number of anilines is 3. The van der Waals surface area contributed by atoms with Gasteiger partial charge in [-0.1, -0.05) is 18.2 Å². The molecule has 0 aliphatic carbocycles. The van der Waals surface area contributed by atoms with Crippen LogP contribution < -0.4 is 15.4 Å². The smallest absolute Gasteiger partial charge is 0.255 e. The molecule has 0 bridgehead atoms. The second kappa shape index (κ2) is 7.81. The maximum Gasteiger partial charge on any atom is 0.255 e. The minimum absolute atomic E-state index is 0.216. The van der Waals surface area contributed by atoms with Gasteiger partial charge in [-0.05, 0) is 58.4 Å². The highest BCUT2D eigenvalue weighted by Crippen LogP contribution is 2.24. The first-order valence-corrected chi connectivity index (χ1v) is 8.38. The number of para-hydroxylation sites is 1. The number of carbonyl (C=O) groups excluding carboxylic acids is 1. The normalized spacial score (nSPS) is 10.2. The van der Waals surface area contributed by atoms with Gasteiger partial charge < -0.3 is 15.4 Å². The van der Waals surface area contributed by atoms with E-state index in [2.05, 4.69) is 31.5 Å². The second-order valence-electron chi connectivity index (χ2n) is 5.22. The van der Waals surface area contributed by atoms with Gasteiger partial charge in [-0.2, -0.15) is 0 Å². The first-order valence-electron chi connectivity index (χ1n) is 7.59. The van der Waals surface area contributed by atoms with E-state index in [1.807, 2.05) is 24.3 Å². The fourth-order valence-electron chi connectivity index (χ4n) is 2.21. The number of halogens is 1. The van der Waals surface area contributed by atoms with Crippen molar-refractivity contribution in [3.05, 3.63) is 76.9 Å². The summed E-state index contributed by atoms with van der Waals surface area (Å²) < 4.78 is 6.08. The first-order chi connectivity index (χ1) is 12.2. The third-order valence-corrected chi connectivity index (χ3v) is 4.18. The molecule has 5 nitrogen and oxygen atoms in total. The summed E-state index contributed by atoms with van der Waals surface area (Å²) in [6.45, 7) is 0. The number of methoxy groups -OCH3 is 1. The number of aromatic nitrogens is 1. The number of hydrogen-bond acceptors (Lipinski definition) is 4. The molecular weight excluding hydrogens is 382 g/mol. The van der Waals surface area contributed by atoms with E-state index >= 15 is 0 Å². The van der Waals surface area contributed by atoms with E-state index in [-0.39, 0.29) is 5.91 Å². The molecule has 2 aromatic carbocycles. The molecule has 1 aromatic heterocycles. The molecule has 0 fully saturated rings. The van der Waals surface area contributed by atoms with Crippen LogP contribution in [0, 0.1) is 0 Å². The van der Waals surface area contributed by atoms with Crippen molar-refractivity contribution in [2.45, 2.75) is 0 Å². The number of ether oxygens (including phenoxy) is 1. The summed E-state index contributed by atoms with van der Waals surface area (Å²) in [6, 6.07) is 18.4. The molecule has 0 aliphatic heterocycles. The van der Waals surface area contributed by atoms with Crippen molar-refractivity contribution >= 4 is 39.0 Å². The van der Waals surface area contributed by atoms with Gasteiger partial charge in [0.05, 0.1) is 24.7 Å². The highest BCUT2D eigenvalue weighted by Gasteiger charge is 2.08. The lowest BCUT2D eigenvalue weighted by molar-refractivity contribution is 0.102. The third-order valence-electron chi connectivity index (χ3n) is 3.49. The van der Waals surface area contributed by atoms with Gasteiger partial charge in [-0.15, -0.1) is 0 Å². The van der Waals surface area contributed by atoms with Crippen molar-refractivity contribution in [2.75, 3.05) is 17.7 Å². The molecule has 0 atom stereocenters. The molecule has 3 rings (SSSR count). The SMILES string of the molecule is COc1cccc(C(=O)Nc2ccc(Nc3ccccc3Br)nc2)c1. The molecule has 3 aromatic rings. The molecule has 25 heavy (non-hydrogen) atoms. The summed E-state index contributed by atoms with van der Waals surface area (Å²) in [4.78, 5) is 16.6. The summed E-state index contributed by atoms with van der Waals surface area (Å²) in [5.41, 5.74) is 2.06. The summed E-state index contributed by atoms with van der Waals surface area (Å²) in [7, 11) is 1.57. The molecule has 0 spiro atoms. The number of amides is 1. The van der Waals surface area contributed by atoms with Crippen LogP contribution in [0.25, 0.3) is 0 Å². The number of rotatable bonds is 5. The van der Waals surface area contributed by atoms with Gasteiger partial charge in [0.15, 0.2) is 0 Å². The Morgan fingerprint density at radius 1 is 1.08 bits per heavy atom. The Labute approximate surface area is 154 Å².